The summed E-state index contributed by atoms with van der Waals surface area (Å²) in [4.78, 5) is 18.4. The molecule has 0 atom stereocenters. The van der Waals surface area contributed by atoms with Gasteiger partial charge in [-0.2, -0.15) is 0 Å². The van der Waals surface area contributed by atoms with Gasteiger partial charge < -0.3 is 19.4 Å². The van der Waals surface area contributed by atoms with E-state index < -0.39 is 7.12 Å². The molecule has 1 aliphatic heterocycles. The summed E-state index contributed by atoms with van der Waals surface area (Å²) < 4.78 is 5.59. The van der Waals surface area contributed by atoms with Crippen LogP contribution in [0.15, 0.2) is 22.6 Å². The van der Waals surface area contributed by atoms with E-state index in [1.807, 2.05) is 4.90 Å². The van der Waals surface area contributed by atoms with Crippen LogP contribution in [0.2, 0.25) is 0 Å². The maximum Gasteiger partial charge on any atom is 0.488 e. The fourth-order valence-electron chi connectivity index (χ4n) is 2.77. The lowest BCUT2D eigenvalue weighted by Gasteiger charge is -2.26. The van der Waals surface area contributed by atoms with E-state index in [-0.39, 0.29) is 5.91 Å². The molecule has 22 heavy (non-hydrogen) atoms. The van der Waals surface area contributed by atoms with Crippen LogP contribution in [0.5, 0.6) is 0 Å². The second-order valence-corrected chi connectivity index (χ2v) is 5.65. The van der Waals surface area contributed by atoms with Gasteiger partial charge in [-0.25, -0.2) is 4.98 Å². The highest BCUT2D eigenvalue weighted by molar-refractivity contribution is 6.58. The molecule has 2 heterocycles. The maximum atomic E-state index is 12.1. The summed E-state index contributed by atoms with van der Waals surface area (Å²) in [6, 6.07) is 4.84. The van der Waals surface area contributed by atoms with Gasteiger partial charge in [0.1, 0.15) is 5.52 Å². The van der Waals surface area contributed by atoms with Crippen LogP contribution >= 0.6 is 0 Å². The zero-order chi connectivity index (χ0) is 15.5. The number of aromatic nitrogens is 1. The molecule has 0 spiro atoms. The van der Waals surface area contributed by atoms with Crippen molar-refractivity contribution in [3.8, 4) is 0 Å². The minimum Gasteiger partial charge on any atom is -0.441 e. The first-order valence-electron chi connectivity index (χ1n) is 7.67. The minimum atomic E-state index is -1.53. The Morgan fingerprint density at radius 1 is 1.27 bits per heavy atom. The van der Waals surface area contributed by atoms with Gasteiger partial charge in [-0.1, -0.05) is 6.07 Å². The third-order valence-corrected chi connectivity index (χ3v) is 4.02. The third-order valence-electron chi connectivity index (χ3n) is 4.02. The molecule has 1 fully saturated rings. The molecule has 7 heteroatoms. The molecule has 1 aromatic carbocycles. The summed E-state index contributed by atoms with van der Waals surface area (Å²) in [6.07, 6.45) is 4.22. The molecule has 1 saturated heterocycles. The second-order valence-electron chi connectivity index (χ2n) is 5.65. The number of rotatable bonds is 4. The Kier molecular flexibility index (Phi) is 4.45. The predicted octanol–water partition coefficient (Wildman–Crippen LogP) is 0.453. The van der Waals surface area contributed by atoms with E-state index in [1.54, 1.807) is 18.2 Å². The van der Waals surface area contributed by atoms with Gasteiger partial charge in [0.25, 0.3) is 0 Å². The van der Waals surface area contributed by atoms with Crippen LogP contribution in [-0.2, 0) is 11.2 Å². The Labute approximate surface area is 128 Å². The fourth-order valence-corrected chi connectivity index (χ4v) is 2.77. The number of hydrogen-bond acceptors (Lipinski definition) is 5. The van der Waals surface area contributed by atoms with Crippen LogP contribution < -0.4 is 5.46 Å². The second kappa shape index (κ2) is 6.50. The van der Waals surface area contributed by atoms with E-state index in [2.05, 4.69) is 4.98 Å². The van der Waals surface area contributed by atoms with Crippen molar-refractivity contribution in [1.29, 1.82) is 0 Å². The first-order chi connectivity index (χ1) is 10.6. The number of fused-ring (bicyclic) bond motifs is 1. The van der Waals surface area contributed by atoms with Crippen molar-refractivity contribution in [2.45, 2.75) is 32.1 Å². The molecule has 6 nitrogen and oxygen atoms in total. The summed E-state index contributed by atoms with van der Waals surface area (Å²) in [7, 11) is -1.53. The monoisotopic (exact) mass is 302 g/mol. The standard InChI is InChI=1S/C15H19BN2O4/c19-15(18-8-2-1-3-9-18)7-6-14-17-12-5-4-11(16(20)21)10-13(12)22-14/h4-5,10,20-21H,1-3,6-9H2. The van der Waals surface area contributed by atoms with Crippen LogP contribution in [0.25, 0.3) is 11.1 Å². The summed E-state index contributed by atoms with van der Waals surface area (Å²) >= 11 is 0. The normalized spacial score (nSPS) is 15.3. The largest absolute Gasteiger partial charge is 0.488 e. The first-order valence-corrected chi connectivity index (χ1v) is 7.67. The van der Waals surface area contributed by atoms with Crippen LogP contribution in [0, 0.1) is 0 Å². The zero-order valence-electron chi connectivity index (χ0n) is 12.4. The number of oxazole rings is 1. The Morgan fingerprint density at radius 2 is 2.05 bits per heavy atom. The summed E-state index contributed by atoms with van der Waals surface area (Å²) in [5.41, 5.74) is 1.52. The molecule has 116 valence electrons. The zero-order valence-corrected chi connectivity index (χ0v) is 12.4. The van der Waals surface area contributed by atoms with E-state index in [0.717, 1.165) is 25.9 Å². The smallest absolute Gasteiger partial charge is 0.441 e. The van der Waals surface area contributed by atoms with Crippen molar-refractivity contribution in [3.63, 3.8) is 0 Å². The summed E-state index contributed by atoms with van der Waals surface area (Å²) in [5.74, 6) is 0.651. The molecule has 2 aromatic rings. The lowest BCUT2D eigenvalue weighted by atomic mass is 9.80. The number of hydrogen-bond donors (Lipinski definition) is 2. The number of carbonyl (C=O) groups excluding carboxylic acids is 1. The van der Waals surface area contributed by atoms with Crippen molar-refractivity contribution >= 4 is 29.6 Å². The average Bonchev–Trinajstić information content (AvgIpc) is 2.95. The lowest BCUT2D eigenvalue weighted by Crippen LogP contribution is -2.35. The third kappa shape index (κ3) is 3.31. The number of benzene rings is 1. The van der Waals surface area contributed by atoms with Crippen molar-refractivity contribution in [1.82, 2.24) is 9.88 Å². The molecule has 1 aromatic heterocycles. The minimum absolute atomic E-state index is 0.147. The quantitative estimate of drug-likeness (QED) is 0.801. The number of amides is 1. The predicted molar refractivity (Wildman–Crippen MR) is 82.6 cm³/mol. The summed E-state index contributed by atoms with van der Waals surface area (Å²) in [5, 5.41) is 18.3. The molecule has 3 rings (SSSR count). The average molecular weight is 302 g/mol. The van der Waals surface area contributed by atoms with E-state index in [0.29, 0.717) is 35.3 Å². The Bertz CT molecular complexity index is 665. The number of piperidine rings is 1. The molecule has 0 saturated carbocycles. The van der Waals surface area contributed by atoms with Crippen molar-refractivity contribution in [3.05, 3.63) is 24.1 Å². The molecule has 0 bridgehead atoms. The van der Waals surface area contributed by atoms with Crippen molar-refractivity contribution < 1.29 is 19.3 Å². The Hall–Kier alpha value is -1.86. The van der Waals surface area contributed by atoms with Gasteiger partial charge in [0, 0.05) is 25.9 Å². The first kappa shape index (κ1) is 15.1. The Balaban J connectivity index is 1.65. The summed E-state index contributed by atoms with van der Waals surface area (Å²) in [6.45, 7) is 1.70. The van der Waals surface area contributed by atoms with Gasteiger partial charge in [-0.05, 0) is 36.9 Å². The topological polar surface area (TPSA) is 86.8 Å². The highest BCUT2D eigenvalue weighted by Crippen LogP contribution is 2.16. The SMILES string of the molecule is O=C(CCc1nc2ccc(B(O)O)cc2o1)N1CCCCC1. The fraction of sp³-hybridized carbons (Fsp3) is 0.467. The number of likely N-dealkylation sites (tertiary alicyclic amines) is 1. The van der Waals surface area contributed by atoms with Crippen LogP contribution in [0.1, 0.15) is 31.6 Å². The molecule has 2 N–H and O–H groups in total. The maximum absolute atomic E-state index is 12.1. The van der Waals surface area contributed by atoms with Gasteiger partial charge in [0.2, 0.25) is 5.91 Å². The van der Waals surface area contributed by atoms with E-state index in [4.69, 9.17) is 14.5 Å². The van der Waals surface area contributed by atoms with E-state index in [9.17, 15) is 4.79 Å². The lowest BCUT2D eigenvalue weighted by molar-refractivity contribution is -0.132. The number of nitrogens with zero attached hydrogens (tertiary/aromatic N) is 2. The molecule has 0 unspecified atom stereocenters. The molecule has 1 aliphatic rings. The van der Waals surface area contributed by atoms with Crippen LogP contribution in [0.4, 0.5) is 0 Å². The Morgan fingerprint density at radius 3 is 2.77 bits per heavy atom. The molecular weight excluding hydrogens is 283 g/mol. The van der Waals surface area contributed by atoms with Crippen molar-refractivity contribution in [2.24, 2.45) is 0 Å². The highest BCUT2D eigenvalue weighted by atomic mass is 16.4. The van der Waals surface area contributed by atoms with E-state index >= 15 is 0 Å². The van der Waals surface area contributed by atoms with Gasteiger partial charge in [-0.15, -0.1) is 0 Å². The van der Waals surface area contributed by atoms with Crippen molar-refractivity contribution in [2.75, 3.05) is 13.1 Å². The number of carbonyl (C=O) groups is 1. The van der Waals surface area contributed by atoms with E-state index in [1.165, 1.54) is 6.42 Å². The van der Waals surface area contributed by atoms with Crippen LogP contribution in [0.3, 0.4) is 0 Å². The molecule has 1 amide bonds. The van der Waals surface area contributed by atoms with Gasteiger partial charge in [0.05, 0.1) is 0 Å². The molecule has 0 aliphatic carbocycles. The van der Waals surface area contributed by atoms with Crippen LogP contribution in [-0.4, -0.2) is 46.0 Å². The van der Waals surface area contributed by atoms with Gasteiger partial charge >= 0.3 is 7.12 Å². The highest BCUT2D eigenvalue weighted by Gasteiger charge is 2.18. The number of aryl methyl sites for hydroxylation is 1. The van der Waals surface area contributed by atoms with Gasteiger partial charge in [0.15, 0.2) is 11.5 Å². The van der Waals surface area contributed by atoms with Gasteiger partial charge in [-0.3, -0.25) is 4.79 Å². The molecular formula is C15H19BN2O4. The molecule has 0 radical (unpaired) electrons.